The van der Waals surface area contributed by atoms with Crippen LogP contribution in [-0.2, 0) is 26.4 Å². The largest absolute Gasteiger partial charge is 0.324 e. The molecular formula is C13H18N4. The summed E-state index contributed by atoms with van der Waals surface area (Å²) in [6.07, 6.45) is 1.88. The van der Waals surface area contributed by atoms with Crippen molar-refractivity contribution in [1.29, 1.82) is 0 Å². The molecule has 17 heavy (non-hydrogen) atoms. The van der Waals surface area contributed by atoms with Gasteiger partial charge in [-0.25, -0.2) is 0 Å². The van der Waals surface area contributed by atoms with Gasteiger partial charge in [0.25, 0.3) is 0 Å². The Morgan fingerprint density at radius 1 is 1.18 bits per heavy atom. The van der Waals surface area contributed by atoms with E-state index in [0.29, 0.717) is 6.54 Å². The molecule has 0 fully saturated rings. The van der Waals surface area contributed by atoms with E-state index in [4.69, 9.17) is 5.73 Å². The van der Waals surface area contributed by atoms with Gasteiger partial charge in [0.05, 0.1) is 6.54 Å². The average Bonchev–Trinajstić information content (AvgIpc) is 2.67. The molecule has 2 N–H and O–H groups in total. The minimum atomic E-state index is 0.438. The highest BCUT2D eigenvalue weighted by molar-refractivity contribution is 5.22. The second-order valence-corrected chi connectivity index (χ2v) is 4.28. The van der Waals surface area contributed by atoms with E-state index < -0.39 is 0 Å². The Hall–Kier alpha value is -1.68. The fourth-order valence-corrected chi connectivity index (χ4v) is 1.92. The first-order valence-corrected chi connectivity index (χ1v) is 5.83. The normalized spacial score (nSPS) is 10.8. The van der Waals surface area contributed by atoms with E-state index in [2.05, 4.69) is 41.4 Å². The van der Waals surface area contributed by atoms with Crippen LogP contribution in [-0.4, -0.2) is 14.8 Å². The zero-order valence-electron chi connectivity index (χ0n) is 10.3. The van der Waals surface area contributed by atoms with Crippen LogP contribution < -0.4 is 5.73 Å². The Bertz CT molecular complexity index is 502. The molecule has 0 radical (unpaired) electrons. The van der Waals surface area contributed by atoms with E-state index in [1.807, 2.05) is 11.6 Å². The fraction of sp³-hybridized carbons (Fsp3) is 0.385. The molecule has 0 aliphatic heterocycles. The molecule has 0 saturated heterocycles. The minimum Gasteiger partial charge on any atom is -0.324 e. The number of rotatable bonds is 4. The predicted molar refractivity (Wildman–Crippen MR) is 67.5 cm³/mol. The van der Waals surface area contributed by atoms with Crippen LogP contribution in [0.1, 0.15) is 22.8 Å². The number of hydrogen-bond acceptors (Lipinski definition) is 3. The zero-order valence-corrected chi connectivity index (χ0v) is 10.3. The Labute approximate surface area is 101 Å². The van der Waals surface area contributed by atoms with Gasteiger partial charge in [0.2, 0.25) is 0 Å². The third kappa shape index (κ3) is 2.71. The van der Waals surface area contributed by atoms with Crippen molar-refractivity contribution in [1.82, 2.24) is 14.8 Å². The lowest BCUT2D eigenvalue weighted by Crippen LogP contribution is -2.07. The van der Waals surface area contributed by atoms with Crippen LogP contribution in [0.25, 0.3) is 0 Å². The highest BCUT2D eigenvalue weighted by Gasteiger charge is 2.06. The van der Waals surface area contributed by atoms with E-state index in [9.17, 15) is 0 Å². The van der Waals surface area contributed by atoms with Gasteiger partial charge in [-0.1, -0.05) is 29.8 Å². The van der Waals surface area contributed by atoms with Crippen molar-refractivity contribution in [3.63, 3.8) is 0 Å². The summed E-state index contributed by atoms with van der Waals surface area (Å²) in [5.41, 5.74) is 8.20. The Kier molecular flexibility index (Phi) is 3.54. The maximum absolute atomic E-state index is 5.57. The molecule has 2 rings (SSSR count). The van der Waals surface area contributed by atoms with Crippen molar-refractivity contribution in [3.8, 4) is 0 Å². The van der Waals surface area contributed by atoms with Crippen molar-refractivity contribution >= 4 is 0 Å². The molecule has 2 aromatic rings. The predicted octanol–water partition coefficient (Wildman–Crippen LogP) is 1.37. The summed E-state index contributed by atoms with van der Waals surface area (Å²) in [5, 5.41) is 8.21. The molecule has 0 bridgehead atoms. The standard InChI is InChI=1S/C13H18N4/c1-10-4-3-5-11(8-10)6-7-12-15-16-13(9-14)17(12)2/h3-5,8H,6-7,9,14H2,1-2H3. The van der Waals surface area contributed by atoms with E-state index in [1.165, 1.54) is 11.1 Å². The van der Waals surface area contributed by atoms with Crippen LogP contribution in [0, 0.1) is 6.92 Å². The fourth-order valence-electron chi connectivity index (χ4n) is 1.92. The van der Waals surface area contributed by atoms with Gasteiger partial charge in [0.1, 0.15) is 11.6 Å². The molecule has 0 unspecified atom stereocenters. The van der Waals surface area contributed by atoms with Crippen molar-refractivity contribution in [2.24, 2.45) is 12.8 Å². The Morgan fingerprint density at radius 3 is 2.59 bits per heavy atom. The molecule has 0 amide bonds. The first kappa shape index (κ1) is 11.8. The quantitative estimate of drug-likeness (QED) is 0.863. The van der Waals surface area contributed by atoms with E-state index in [0.717, 1.165) is 24.5 Å². The van der Waals surface area contributed by atoms with Gasteiger partial charge in [0.15, 0.2) is 0 Å². The summed E-state index contributed by atoms with van der Waals surface area (Å²) in [7, 11) is 1.97. The highest BCUT2D eigenvalue weighted by Crippen LogP contribution is 2.08. The lowest BCUT2D eigenvalue weighted by molar-refractivity contribution is 0.732. The zero-order chi connectivity index (χ0) is 12.3. The molecule has 0 aliphatic rings. The number of nitrogens with zero attached hydrogens (tertiary/aromatic N) is 3. The number of hydrogen-bond donors (Lipinski definition) is 1. The molecule has 4 heteroatoms. The molecule has 90 valence electrons. The maximum Gasteiger partial charge on any atom is 0.146 e. The SMILES string of the molecule is Cc1cccc(CCc2nnc(CN)n2C)c1. The number of nitrogens with two attached hydrogens (primary N) is 1. The third-order valence-electron chi connectivity index (χ3n) is 2.96. The second kappa shape index (κ2) is 5.10. The first-order chi connectivity index (χ1) is 8.20. The molecule has 1 heterocycles. The van der Waals surface area contributed by atoms with Crippen molar-refractivity contribution in [2.45, 2.75) is 26.3 Å². The van der Waals surface area contributed by atoms with E-state index in [-0.39, 0.29) is 0 Å². The van der Waals surface area contributed by atoms with Crippen LogP contribution in [0.3, 0.4) is 0 Å². The lowest BCUT2D eigenvalue weighted by atomic mass is 10.1. The van der Waals surface area contributed by atoms with E-state index >= 15 is 0 Å². The third-order valence-corrected chi connectivity index (χ3v) is 2.96. The molecule has 0 aliphatic carbocycles. The number of aryl methyl sites for hydroxylation is 3. The summed E-state index contributed by atoms with van der Waals surface area (Å²) in [4.78, 5) is 0. The minimum absolute atomic E-state index is 0.438. The molecule has 1 aromatic carbocycles. The lowest BCUT2D eigenvalue weighted by Gasteiger charge is -2.03. The summed E-state index contributed by atoms with van der Waals surface area (Å²) in [6, 6.07) is 8.55. The van der Waals surface area contributed by atoms with Gasteiger partial charge in [-0.2, -0.15) is 0 Å². The molecule has 0 atom stereocenters. The first-order valence-electron chi connectivity index (χ1n) is 5.83. The van der Waals surface area contributed by atoms with Crippen LogP contribution in [0.4, 0.5) is 0 Å². The van der Waals surface area contributed by atoms with Crippen LogP contribution in [0.5, 0.6) is 0 Å². The molecule has 4 nitrogen and oxygen atoms in total. The van der Waals surface area contributed by atoms with Gasteiger partial charge < -0.3 is 10.3 Å². The molecule has 0 spiro atoms. The summed E-state index contributed by atoms with van der Waals surface area (Å²) < 4.78 is 1.98. The smallest absolute Gasteiger partial charge is 0.146 e. The van der Waals surface area contributed by atoms with Crippen LogP contribution in [0.2, 0.25) is 0 Å². The van der Waals surface area contributed by atoms with Gasteiger partial charge >= 0.3 is 0 Å². The van der Waals surface area contributed by atoms with Gasteiger partial charge in [-0.05, 0) is 18.9 Å². The van der Waals surface area contributed by atoms with Crippen LogP contribution in [0.15, 0.2) is 24.3 Å². The average molecular weight is 230 g/mol. The van der Waals surface area contributed by atoms with Gasteiger partial charge in [-0.3, -0.25) is 0 Å². The Balaban J connectivity index is 2.05. The van der Waals surface area contributed by atoms with E-state index in [1.54, 1.807) is 0 Å². The summed E-state index contributed by atoms with van der Waals surface area (Å²) >= 11 is 0. The molecule has 1 aromatic heterocycles. The van der Waals surface area contributed by atoms with Crippen molar-refractivity contribution in [3.05, 3.63) is 47.0 Å². The van der Waals surface area contributed by atoms with Crippen molar-refractivity contribution < 1.29 is 0 Å². The number of benzene rings is 1. The summed E-state index contributed by atoms with van der Waals surface area (Å²) in [6.45, 7) is 2.55. The Morgan fingerprint density at radius 2 is 1.94 bits per heavy atom. The topological polar surface area (TPSA) is 56.7 Å². The summed E-state index contributed by atoms with van der Waals surface area (Å²) in [5.74, 6) is 1.83. The maximum atomic E-state index is 5.57. The van der Waals surface area contributed by atoms with Crippen LogP contribution >= 0.6 is 0 Å². The molecule has 0 saturated carbocycles. The van der Waals surface area contributed by atoms with Gasteiger partial charge in [-0.15, -0.1) is 10.2 Å². The monoisotopic (exact) mass is 230 g/mol. The highest BCUT2D eigenvalue weighted by atomic mass is 15.3. The number of aromatic nitrogens is 3. The second-order valence-electron chi connectivity index (χ2n) is 4.28. The van der Waals surface area contributed by atoms with Crippen molar-refractivity contribution in [2.75, 3.05) is 0 Å². The van der Waals surface area contributed by atoms with Gasteiger partial charge in [0, 0.05) is 13.5 Å². The molecular weight excluding hydrogens is 212 g/mol.